The molecule has 0 saturated carbocycles. The zero-order chi connectivity index (χ0) is 13.1. The number of ether oxygens (including phenoxy) is 1. The van der Waals surface area contributed by atoms with Crippen molar-refractivity contribution in [1.29, 1.82) is 0 Å². The van der Waals surface area contributed by atoms with Gasteiger partial charge in [-0.1, -0.05) is 11.6 Å². The zero-order valence-corrected chi connectivity index (χ0v) is 10.8. The van der Waals surface area contributed by atoms with E-state index in [9.17, 15) is 4.79 Å². The van der Waals surface area contributed by atoms with Crippen molar-refractivity contribution >= 4 is 17.6 Å². The van der Waals surface area contributed by atoms with Crippen LogP contribution in [0, 0.1) is 6.92 Å². The van der Waals surface area contributed by atoms with Gasteiger partial charge in [0.05, 0.1) is 0 Å². The second-order valence-electron chi connectivity index (χ2n) is 4.09. The van der Waals surface area contributed by atoms with Crippen LogP contribution in [0.25, 0.3) is 0 Å². The summed E-state index contributed by atoms with van der Waals surface area (Å²) >= 11 is 5.82. The molecule has 0 bridgehead atoms. The summed E-state index contributed by atoms with van der Waals surface area (Å²) in [5.41, 5.74) is -0.229. The number of hydrogen-bond donors (Lipinski definition) is 2. The molecule has 0 amide bonds. The van der Waals surface area contributed by atoms with Gasteiger partial charge in [-0.05, 0) is 44.7 Å². The lowest BCUT2D eigenvalue weighted by molar-refractivity contribution is -0.145. The molecule has 0 aliphatic rings. The fourth-order valence-electron chi connectivity index (χ4n) is 1.24. The largest absolute Gasteiger partial charge is 0.491 e. The van der Waals surface area contributed by atoms with Crippen molar-refractivity contribution in [3.63, 3.8) is 0 Å². The summed E-state index contributed by atoms with van der Waals surface area (Å²) in [6.07, 6.45) is 0. The quantitative estimate of drug-likeness (QED) is 0.848. The summed E-state index contributed by atoms with van der Waals surface area (Å²) < 4.78 is 5.51. The Morgan fingerprint density at radius 2 is 2.24 bits per heavy atom. The molecule has 1 unspecified atom stereocenters. The van der Waals surface area contributed by atoms with E-state index in [1.54, 1.807) is 32.2 Å². The molecule has 1 aromatic carbocycles. The number of carbonyl (C=O) groups is 1. The second-order valence-corrected chi connectivity index (χ2v) is 4.52. The average molecular weight is 258 g/mol. The van der Waals surface area contributed by atoms with Crippen LogP contribution in [0.2, 0.25) is 5.02 Å². The summed E-state index contributed by atoms with van der Waals surface area (Å²) in [7, 11) is 1.59. The third-order valence-corrected chi connectivity index (χ3v) is 2.91. The molecule has 0 aromatic heterocycles. The molecule has 5 heteroatoms. The number of halogens is 1. The molecular formula is C12H16ClNO3. The van der Waals surface area contributed by atoms with Gasteiger partial charge in [0.1, 0.15) is 17.9 Å². The van der Waals surface area contributed by atoms with Gasteiger partial charge in [0, 0.05) is 5.02 Å². The molecule has 4 nitrogen and oxygen atoms in total. The highest BCUT2D eigenvalue weighted by molar-refractivity contribution is 6.30. The van der Waals surface area contributed by atoms with Crippen LogP contribution in [0.1, 0.15) is 12.5 Å². The zero-order valence-electron chi connectivity index (χ0n) is 10.1. The fourth-order valence-corrected chi connectivity index (χ4v) is 1.46. The number of benzene rings is 1. The van der Waals surface area contributed by atoms with Crippen molar-refractivity contribution in [2.45, 2.75) is 19.4 Å². The van der Waals surface area contributed by atoms with Crippen LogP contribution in [-0.2, 0) is 4.79 Å². The van der Waals surface area contributed by atoms with Crippen LogP contribution in [0.5, 0.6) is 5.75 Å². The Bertz CT molecular complexity index is 422. The lowest BCUT2D eigenvalue weighted by Crippen LogP contribution is -2.52. The highest BCUT2D eigenvalue weighted by Crippen LogP contribution is 2.22. The third kappa shape index (κ3) is 3.35. The van der Waals surface area contributed by atoms with Gasteiger partial charge in [-0.2, -0.15) is 0 Å². The highest BCUT2D eigenvalue weighted by atomic mass is 35.5. The van der Waals surface area contributed by atoms with Gasteiger partial charge in [0.2, 0.25) is 0 Å². The van der Waals surface area contributed by atoms with Crippen LogP contribution in [0.4, 0.5) is 0 Å². The predicted octanol–water partition coefficient (Wildman–Crippen LogP) is 2.09. The Balaban J connectivity index is 2.76. The van der Waals surface area contributed by atoms with Gasteiger partial charge in [-0.25, -0.2) is 0 Å². The lowest BCUT2D eigenvalue weighted by atomic mass is 10.1. The van der Waals surface area contributed by atoms with Crippen LogP contribution >= 0.6 is 11.6 Å². The van der Waals surface area contributed by atoms with Gasteiger partial charge >= 0.3 is 5.97 Å². The van der Waals surface area contributed by atoms with Crippen LogP contribution < -0.4 is 10.1 Å². The molecule has 0 aliphatic carbocycles. The summed E-state index contributed by atoms with van der Waals surface area (Å²) in [6, 6.07) is 5.21. The Labute approximate surface area is 106 Å². The Morgan fingerprint density at radius 3 is 2.71 bits per heavy atom. The monoisotopic (exact) mass is 257 g/mol. The molecule has 0 aliphatic heterocycles. The maximum atomic E-state index is 11.0. The number of nitrogens with one attached hydrogen (secondary N) is 1. The molecule has 0 fully saturated rings. The smallest absolute Gasteiger partial charge is 0.327 e. The van der Waals surface area contributed by atoms with Crippen molar-refractivity contribution < 1.29 is 14.6 Å². The number of aryl methyl sites for hydroxylation is 1. The number of likely N-dealkylation sites (N-methyl/N-ethyl adjacent to an activating group) is 1. The lowest BCUT2D eigenvalue weighted by Gasteiger charge is -2.24. The molecule has 2 N–H and O–H groups in total. The highest BCUT2D eigenvalue weighted by Gasteiger charge is 2.32. The summed E-state index contributed by atoms with van der Waals surface area (Å²) in [5.74, 6) is -0.316. The van der Waals surface area contributed by atoms with Crippen LogP contribution in [0.15, 0.2) is 18.2 Å². The van der Waals surface area contributed by atoms with E-state index in [0.29, 0.717) is 10.8 Å². The van der Waals surface area contributed by atoms with E-state index >= 15 is 0 Å². The molecule has 0 radical (unpaired) electrons. The van der Waals surface area contributed by atoms with Crippen molar-refractivity contribution in [1.82, 2.24) is 5.32 Å². The van der Waals surface area contributed by atoms with Crippen molar-refractivity contribution in [2.75, 3.05) is 13.7 Å². The minimum absolute atomic E-state index is 0.0430. The first kappa shape index (κ1) is 13.8. The van der Waals surface area contributed by atoms with E-state index in [4.69, 9.17) is 21.4 Å². The molecular weight excluding hydrogens is 242 g/mol. The molecule has 1 atom stereocenters. The van der Waals surface area contributed by atoms with Gasteiger partial charge in [0.15, 0.2) is 0 Å². The van der Waals surface area contributed by atoms with Crippen molar-refractivity contribution in [3.05, 3.63) is 28.8 Å². The summed E-state index contributed by atoms with van der Waals surface area (Å²) in [6.45, 7) is 3.47. The Morgan fingerprint density at radius 1 is 1.59 bits per heavy atom. The number of hydrogen-bond acceptors (Lipinski definition) is 3. The topological polar surface area (TPSA) is 58.6 Å². The molecule has 1 aromatic rings. The first-order chi connectivity index (χ1) is 7.89. The first-order valence-corrected chi connectivity index (χ1v) is 5.58. The maximum Gasteiger partial charge on any atom is 0.327 e. The van der Waals surface area contributed by atoms with E-state index in [2.05, 4.69) is 5.32 Å². The fraction of sp³-hybridized carbons (Fsp3) is 0.417. The average Bonchev–Trinajstić information content (AvgIpc) is 2.27. The van der Waals surface area contributed by atoms with Crippen molar-refractivity contribution in [2.24, 2.45) is 0 Å². The molecule has 0 heterocycles. The Hall–Kier alpha value is -1.26. The van der Waals surface area contributed by atoms with Gasteiger partial charge in [0.25, 0.3) is 0 Å². The van der Waals surface area contributed by atoms with Gasteiger partial charge in [-0.15, -0.1) is 0 Å². The minimum Gasteiger partial charge on any atom is -0.491 e. The van der Waals surface area contributed by atoms with E-state index in [0.717, 1.165) is 5.56 Å². The van der Waals surface area contributed by atoms with Crippen LogP contribution in [-0.4, -0.2) is 30.3 Å². The molecule has 17 heavy (non-hydrogen) atoms. The van der Waals surface area contributed by atoms with E-state index in [1.807, 2.05) is 6.92 Å². The maximum absolute atomic E-state index is 11.0. The summed E-state index contributed by atoms with van der Waals surface area (Å²) in [5, 5.41) is 12.4. The van der Waals surface area contributed by atoms with E-state index < -0.39 is 11.5 Å². The normalized spacial score (nSPS) is 14.1. The van der Waals surface area contributed by atoms with Crippen LogP contribution in [0.3, 0.4) is 0 Å². The number of rotatable bonds is 5. The first-order valence-electron chi connectivity index (χ1n) is 5.20. The molecule has 1 rings (SSSR count). The number of aliphatic carboxylic acids is 1. The van der Waals surface area contributed by atoms with E-state index in [-0.39, 0.29) is 6.61 Å². The van der Waals surface area contributed by atoms with Crippen molar-refractivity contribution in [3.8, 4) is 5.75 Å². The number of carboxylic acid groups (broad SMARTS) is 1. The predicted molar refractivity (Wildman–Crippen MR) is 66.8 cm³/mol. The third-order valence-electron chi connectivity index (χ3n) is 2.68. The molecule has 94 valence electrons. The van der Waals surface area contributed by atoms with Gasteiger partial charge in [-0.3, -0.25) is 4.79 Å². The second kappa shape index (κ2) is 5.38. The van der Waals surface area contributed by atoms with Gasteiger partial charge < -0.3 is 15.2 Å². The summed E-state index contributed by atoms with van der Waals surface area (Å²) in [4.78, 5) is 11.0. The Kier molecular flexibility index (Phi) is 4.37. The molecule has 0 spiro atoms. The standard InChI is InChI=1S/C12H16ClNO3/c1-8-6-9(13)4-5-10(8)17-7-12(2,14-3)11(15)16/h4-6,14H,7H2,1-3H3,(H,15,16). The molecule has 0 saturated heterocycles. The van der Waals surface area contributed by atoms with E-state index in [1.165, 1.54) is 0 Å². The SMILES string of the molecule is CNC(C)(COc1ccc(Cl)cc1C)C(=O)O. The minimum atomic E-state index is -1.11. The number of carboxylic acids is 1.